The molecule has 1 aromatic rings. The summed E-state index contributed by atoms with van der Waals surface area (Å²) >= 11 is 0. The number of benzene rings is 1. The molecule has 0 saturated heterocycles. The van der Waals surface area contributed by atoms with Crippen molar-refractivity contribution in [2.45, 2.75) is 10.8 Å². The van der Waals surface area contributed by atoms with Gasteiger partial charge in [0.25, 0.3) is 0 Å². The highest BCUT2D eigenvalue weighted by Gasteiger charge is 2.63. The lowest BCUT2D eigenvalue weighted by molar-refractivity contribution is -0.0576. The van der Waals surface area contributed by atoms with Crippen molar-refractivity contribution in [3.8, 4) is 0 Å². The van der Waals surface area contributed by atoms with E-state index in [0.717, 1.165) is 0 Å². The molecule has 0 aliphatic carbocycles. The van der Waals surface area contributed by atoms with E-state index in [2.05, 4.69) is 0 Å². The molecule has 0 unspecified atom stereocenters. The zero-order chi connectivity index (χ0) is 15.2. The molecule has 108 valence electrons. The molecule has 0 N–H and O–H groups in total. The lowest BCUT2D eigenvalue weighted by atomic mass is 10.2. The van der Waals surface area contributed by atoms with Crippen LogP contribution in [0.2, 0.25) is 0 Å². The van der Waals surface area contributed by atoms with Crippen molar-refractivity contribution in [3.05, 3.63) is 35.1 Å². The molecule has 1 rings (SSSR count). The zero-order valence-electron chi connectivity index (χ0n) is 8.40. The smallest absolute Gasteiger partial charge is 0.213 e. The summed E-state index contributed by atoms with van der Waals surface area (Å²) in [7, 11) is -7.14. The van der Waals surface area contributed by atoms with Gasteiger partial charge in [-0.05, 0) is 12.1 Å². The Kier molecular flexibility index (Phi) is 3.56. The summed E-state index contributed by atoms with van der Waals surface area (Å²) in [5.41, 5.74) is -8.82. The van der Waals surface area contributed by atoms with E-state index < -0.39 is 43.6 Å². The largest absolute Gasteiger partial charge is 0.503 e. The van der Waals surface area contributed by atoms with E-state index in [-0.39, 0.29) is 12.1 Å². The number of halogens is 8. The van der Waals surface area contributed by atoms with Crippen LogP contribution in [0, 0.1) is 17.5 Å². The summed E-state index contributed by atoms with van der Waals surface area (Å²) in [4.78, 5) is 0. The van der Waals surface area contributed by atoms with Crippen molar-refractivity contribution in [1.82, 2.24) is 0 Å². The zero-order valence-corrected chi connectivity index (χ0v) is 9.22. The van der Waals surface area contributed by atoms with E-state index in [1.165, 1.54) is 0 Å². The average molecular weight is 314 g/mol. The van der Waals surface area contributed by atoms with Crippen molar-refractivity contribution in [2.75, 3.05) is 0 Å². The fourth-order valence-corrected chi connectivity index (χ4v) is 1.78. The maximum atomic E-state index is 13.2. The van der Waals surface area contributed by atoms with Crippen LogP contribution in [0.5, 0.6) is 0 Å². The van der Waals surface area contributed by atoms with E-state index in [0.29, 0.717) is 0 Å². The molecule has 0 aliphatic heterocycles. The molecule has 0 heterocycles. The van der Waals surface area contributed by atoms with Crippen molar-refractivity contribution in [1.29, 1.82) is 0 Å². The van der Waals surface area contributed by atoms with Crippen LogP contribution in [0.25, 0.3) is 0 Å². The number of hydrogen-bond acceptors (Lipinski definition) is 2. The maximum absolute atomic E-state index is 13.2. The molecule has 0 bridgehead atoms. The normalized spacial score (nSPS) is 13.7. The minimum absolute atomic E-state index is 0.118. The monoisotopic (exact) mass is 314 g/mol. The van der Waals surface area contributed by atoms with Gasteiger partial charge in [-0.15, -0.1) is 0 Å². The molecular formula is C8H2F8O2S. The van der Waals surface area contributed by atoms with Crippen LogP contribution < -0.4 is 0 Å². The summed E-state index contributed by atoms with van der Waals surface area (Å²) in [5, 5.41) is -5.79. The third-order valence-corrected chi connectivity index (χ3v) is 3.50. The van der Waals surface area contributed by atoms with E-state index >= 15 is 0 Å². The Morgan fingerprint density at radius 2 is 1.32 bits per heavy atom. The van der Waals surface area contributed by atoms with E-state index in [1.54, 1.807) is 0 Å². The second-order valence-corrected chi connectivity index (χ2v) is 5.17. The molecule has 1 aromatic carbocycles. The first-order valence-corrected chi connectivity index (χ1v) is 5.65. The second kappa shape index (κ2) is 4.32. The minimum atomic E-state index is -7.14. The highest BCUT2D eigenvalue weighted by Crippen LogP contribution is 2.44. The average Bonchev–Trinajstić information content (AvgIpc) is 2.23. The van der Waals surface area contributed by atoms with E-state index in [9.17, 15) is 43.5 Å². The summed E-state index contributed by atoms with van der Waals surface area (Å²) in [6, 6.07) is -0.398. The summed E-state index contributed by atoms with van der Waals surface area (Å²) in [6.07, 6.45) is 0. The van der Waals surface area contributed by atoms with Gasteiger partial charge in [0, 0.05) is 0 Å². The number of rotatable bonds is 2. The van der Waals surface area contributed by atoms with Gasteiger partial charge in [-0.1, -0.05) is 0 Å². The third-order valence-electron chi connectivity index (χ3n) is 1.99. The minimum Gasteiger partial charge on any atom is -0.213 e. The molecule has 0 aromatic heterocycles. The predicted molar refractivity (Wildman–Crippen MR) is 45.2 cm³/mol. The lowest BCUT2D eigenvalue weighted by Crippen LogP contribution is -2.38. The first-order chi connectivity index (χ1) is 8.34. The Balaban J connectivity index is 3.58. The molecule has 0 spiro atoms. The van der Waals surface area contributed by atoms with Crippen LogP contribution in [0.1, 0.15) is 5.56 Å². The van der Waals surface area contributed by atoms with Crippen molar-refractivity contribution in [3.63, 3.8) is 0 Å². The quantitative estimate of drug-likeness (QED) is 0.621. The molecule has 0 amide bonds. The predicted octanol–water partition coefficient (Wildman–Crippen LogP) is 3.09. The van der Waals surface area contributed by atoms with Crippen LogP contribution in [0.4, 0.5) is 35.1 Å². The Hall–Kier alpha value is -1.39. The summed E-state index contributed by atoms with van der Waals surface area (Å²) in [6.45, 7) is 0. The molecule has 11 heteroatoms. The third kappa shape index (κ3) is 2.26. The molecule has 0 aliphatic rings. The van der Waals surface area contributed by atoms with Crippen molar-refractivity contribution < 1.29 is 43.5 Å². The number of sulfone groups is 1. The van der Waals surface area contributed by atoms with E-state index in [4.69, 9.17) is 0 Å². The highest BCUT2D eigenvalue weighted by molar-refractivity contribution is 7.92. The van der Waals surface area contributed by atoms with Gasteiger partial charge in [0.15, 0.2) is 17.5 Å². The number of alkyl halides is 5. The molecular weight excluding hydrogens is 312 g/mol. The highest BCUT2D eigenvalue weighted by atomic mass is 32.2. The van der Waals surface area contributed by atoms with E-state index in [1.807, 2.05) is 0 Å². The molecule has 0 saturated carbocycles. The molecule has 2 nitrogen and oxygen atoms in total. The van der Waals surface area contributed by atoms with Gasteiger partial charge in [-0.2, -0.15) is 22.0 Å². The molecule has 0 fully saturated rings. The molecule has 19 heavy (non-hydrogen) atoms. The van der Waals surface area contributed by atoms with Gasteiger partial charge in [0.1, 0.15) is 0 Å². The van der Waals surface area contributed by atoms with Crippen LogP contribution in [0.3, 0.4) is 0 Å². The van der Waals surface area contributed by atoms with Crippen molar-refractivity contribution in [2.24, 2.45) is 0 Å². The van der Waals surface area contributed by atoms with Gasteiger partial charge in [0.05, 0.1) is 5.56 Å². The lowest BCUT2D eigenvalue weighted by Gasteiger charge is -2.19. The van der Waals surface area contributed by atoms with Crippen LogP contribution in [0.15, 0.2) is 12.1 Å². The van der Waals surface area contributed by atoms with Crippen LogP contribution in [-0.4, -0.2) is 13.9 Å². The van der Waals surface area contributed by atoms with Gasteiger partial charge < -0.3 is 0 Å². The SMILES string of the molecule is O=S(=O)(C(F)(F)F)C(F)(F)c1ccc(F)c(F)c1F. The first-order valence-electron chi connectivity index (χ1n) is 4.16. The molecule has 0 atom stereocenters. The van der Waals surface area contributed by atoms with Gasteiger partial charge in [0.2, 0.25) is 0 Å². The first kappa shape index (κ1) is 15.7. The van der Waals surface area contributed by atoms with Crippen molar-refractivity contribution >= 4 is 9.84 Å². The molecule has 0 radical (unpaired) electrons. The Morgan fingerprint density at radius 3 is 1.74 bits per heavy atom. The Morgan fingerprint density at radius 1 is 0.842 bits per heavy atom. The van der Waals surface area contributed by atoms with Crippen LogP contribution >= 0.6 is 0 Å². The number of hydrogen-bond donors (Lipinski definition) is 0. The maximum Gasteiger partial charge on any atom is 0.503 e. The second-order valence-electron chi connectivity index (χ2n) is 3.19. The Labute approximate surface area is 100 Å². The van der Waals surface area contributed by atoms with Gasteiger partial charge >= 0.3 is 20.6 Å². The van der Waals surface area contributed by atoms with Gasteiger partial charge in [-0.25, -0.2) is 21.6 Å². The fourth-order valence-electron chi connectivity index (χ4n) is 1.04. The summed E-state index contributed by atoms with van der Waals surface area (Å²) < 4.78 is 121. The fraction of sp³-hybridized carbons (Fsp3) is 0.250. The Bertz CT molecular complexity index is 604. The summed E-state index contributed by atoms with van der Waals surface area (Å²) in [5.74, 6) is -7.17. The van der Waals surface area contributed by atoms with Crippen LogP contribution in [-0.2, 0) is 15.1 Å². The standard InChI is InChI=1S/C8H2F8O2S/c9-4-2-1-3(5(10)6(4)11)7(12,13)19(17,18)8(14,15)16/h1-2H. The van der Waals surface area contributed by atoms with Gasteiger partial charge in [-0.3, -0.25) is 0 Å². The topological polar surface area (TPSA) is 34.1 Å².